The van der Waals surface area contributed by atoms with E-state index in [1.165, 1.54) is 7.11 Å². The van der Waals surface area contributed by atoms with Crippen molar-refractivity contribution in [1.82, 2.24) is 9.55 Å². The molecule has 0 aliphatic carbocycles. The number of ether oxygens (including phenoxy) is 1. The highest BCUT2D eigenvalue weighted by atomic mass is 16.5. The van der Waals surface area contributed by atoms with Gasteiger partial charge in [-0.1, -0.05) is 0 Å². The molecule has 1 aliphatic rings. The molecule has 1 unspecified atom stereocenters. The summed E-state index contributed by atoms with van der Waals surface area (Å²) in [5.74, 6) is -0.0177. The van der Waals surface area contributed by atoms with Crippen molar-refractivity contribution in [3.63, 3.8) is 0 Å². The van der Waals surface area contributed by atoms with Crippen LogP contribution in [0.15, 0.2) is 16.5 Å². The number of aryl methyl sites for hydroxylation is 1. The van der Waals surface area contributed by atoms with E-state index in [0.717, 1.165) is 0 Å². The molecule has 0 saturated heterocycles. The van der Waals surface area contributed by atoms with Crippen LogP contribution in [-0.4, -0.2) is 33.7 Å². The third kappa shape index (κ3) is 2.18. The maximum Gasteiger partial charge on any atom is 0.356 e. The maximum atomic E-state index is 12.0. The number of hydrogen-bond acceptors (Lipinski definition) is 5. The lowest BCUT2D eigenvalue weighted by atomic mass is 10.0. The summed E-state index contributed by atoms with van der Waals surface area (Å²) < 4.78 is 12.1. The molecule has 1 aliphatic heterocycles. The van der Waals surface area contributed by atoms with Gasteiger partial charge in [0.25, 0.3) is 0 Å². The van der Waals surface area contributed by atoms with E-state index in [-0.39, 0.29) is 5.69 Å². The minimum atomic E-state index is -1.11. The normalized spacial score (nSPS) is 17.1. The van der Waals surface area contributed by atoms with Crippen LogP contribution < -0.4 is 0 Å². The number of fused-ring (bicyclic) bond motifs is 1. The number of nitrogens with zero attached hydrogens (tertiary/aromatic N) is 2. The molecule has 0 aromatic carbocycles. The summed E-state index contributed by atoms with van der Waals surface area (Å²) in [4.78, 5) is 27.7. The van der Waals surface area contributed by atoms with Crippen LogP contribution in [0.3, 0.4) is 0 Å². The molecule has 0 amide bonds. The number of furan rings is 1. The Hall–Kier alpha value is -2.57. The molecule has 1 atom stereocenters. The van der Waals surface area contributed by atoms with Crippen molar-refractivity contribution in [2.75, 3.05) is 7.11 Å². The Morgan fingerprint density at radius 2 is 2.23 bits per heavy atom. The molecule has 0 bridgehead atoms. The van der Waals surface area contributed by atoms with Gasteiger partial charge in [-0.2, -0.15) is 0 Å². The number of carboxylic acid groups (broad SMARTS) is 1. The van der Waals surface area contributed by atoms with Gasteiger partial charge in [0, 0.05) is 0 Å². The van der Waals surface area contributed by atoms with Crippen molar-refractivity contribution < 1.29 is 23.8 Å². The molecule has 2 aromatic heterocycles. The first-order valence-electron chi connectivity index (χ1n) is 7.02. The smallest absolute Gasteiger partial charge is 0.356 e. The number of carbonyl (C=O) groups excluding carboxylic acids is 1. The molecular formula is C15H16N2O5. The molecule has 3 heterocycles. The molecule has 7 nitrogen and oxygen atoms in total. The van der Waals surface area contributed by atoms with Crippen LogP contribution in [-0.2, 0) is 16.0 Å². The van der Waals surface area contributed by atoms with Gasteiger partial charge in [0.1, 0.15) is 11.8 Å². The minimum Gasteiger partial charge on any atom is -0.476 e. The quantitative estimate of drug-likeness (QED) is 0.873. The van der Waals surface area contributed by atoms with E-state index in [1.54, 1.807) is 23.6 Å². The minimum absolute atomic E-state index is 0.0299. The Morgan fingerprint density at radius 1 is 1.45 bits per heavy atom. The largest absolute Gasteiger partial charge is 0.476 e. The van der Waals surface area contributed by atoms with Crippen LogP contribution >= 0.6 is 0 Å². The molecule has 7 heteroatoms. The number of aromatic nitrogens is 2. The molecule has 3 rings (SSSR count). The fraction of sp³-hybridized carbons (Fsp3) is 0.400. The fourth-order valence-electron chi connectivity index (χ4n) is 2.89. The van der Waals surface area contributed by atoms with Gasteiger partial charge in [-0.3, -0.25) is 0 Å². The Morgan fingerprint density at radius 3 is 2.82 bits per heavy atom. The highest BCUT2D eigenvalue weighted by molar-refractivity contribution is 5.88. The summed E-state index contributed by atoms with van der Waals surface area (Å²) in [5.41, 5.74) is 0.510. The van der Waals surface area contributed by atoms with E-state index >= 15 is 0 Å². The van der Waals surface area contributed by atoms with Crippen molar-refractivity contribution in [3.05, 3.63) is 29.3 Å². The summed E-state index contributed by atoms with van der Waals surface area (Å²) in [6.45, 7) is 1.79. The highest BCUT2D eigenvalue weighted by Gasteiger charge is 2.34. The maximum absolute atomic E-state index is 12.0. The van der Waals surface area contributed by atoms with Gasteiger partial charge in [-0.25, -0.2) is 14.6 Å². The van der Waals surface area contributed by atoms with Crippen LogP contribution in [0.5, 0.6) is 0 Å². The molecule has 0 radical (unpaired) electrons. The molecule has 2 aromatic rings. The number of hydrogen-bond donors (Lipinski definition) is 1. The molecule has 116 valence electrons. The van der Waals surface area contributed by atoms with Gasteiger partial charge in [-0.05, 0) is 38.3 Å². The van der Waals surface area contributed by atoms with E-state index < -0.39 is 18.0 Å². The first-order valence-corrected chi connectivity index (χ1v) is 7.02. The van der Waals surface area contributed by atoms with E-state index in [9.17, 15) is 14.7 Å². The van der Waals surface area contributed by atoms with Gasteiger partial charge in [0.05, 0.1) is 12.8 Å². The number of methoxy groups -OCH3 is 1. The monoisotopic (exact) mass is 304 g/mol. The number of esters is 1. The van der Waals surface area contributed by atoms with Crippen LogP contribution in [0.2, 0.25) is 0 Å². The summed E-state index contributed by atoms with van der Waals surface area (Å²) in [7, 11) is 1.32. The first kappa shape index (κ1) is 14.4. The summed E-state index contributed by atoms with van der Waals surface area (Å²) in [6, 6.07) is 2.92. The summed E-state index contributed by atoms with van der Waals surface area (Å²) >= 11 is 0. The summed E-state index contributed by atoms with van der Waals surface area (Å²) in [6.07, 6.45) is 1.85. The van der Waals surface area contributed by atoms with Gasteiger partial charge < -0.3 is 18.8 Å². The Kier molecular flexibility index (Phi) is 3.48. The van der Waals surface area contributed by atoms with Crippen molar-refractivity contribution in [2.24, 2.45) is 0 Å². The van der Waals surface area contributed by atoms with E-state index in [4.69, 9.17) is 9.15 Å². The second-order valence-electron chi connectivity index (χ2n) is 5.25. The van der Waals surface area contributed by atoms with Crippen molar-refractivity contribution >= 4 is 11.9 Å². The zero-order valence-electron chi connectivity index (χ0n) is 12.3. The Balaban J connectivity index is 2.22. The van der Waals surface area contributed by atoms with Crippen molar-refractivity contribution in [1.29, 1.82) is 0 Å². The second-order valence-corrected chi connectivity index (χ2v) is 5.25. The number of imidazole rings is 1. The Labute approximate surface area is 126 Å². The van der Waals surface area contributed by atoms with E-state index in [2.05, 4.69) is 4.98 Å². The van der Waals surface area contributed by atoms with E-state index in [0.29, 0.717) is 42.3 Å². The Bertz CT molecular complexity index is 743. The predicted octanol–water partition coefficient (Wildman–Crippen LogP) is 2.20. The molecule has 22 heavy (non-hydrogen) atoms. The average Bonchev–Trinajstić information content (AvgIpc) is 3.09. The summed E-state index contributed by atoms with van der Waals surface area (Å²) in [5, 5.41) is 9.37. The molecule has 0 fully saturated rings. The van der Waals surface area contributed by atoms with Crippen LogP contribution in [0.1, 0.15) is 40.8 Å². The van der Waals surface area contributed by atoms with E-state index in [1.807, 2.05) is 0 Å². The van der Waals surface area contributed by atoms with Gasteiger partial charge in [0.2, 0.25) is 0 Å². The molecule has 0 spiro atoms. The van der Waals surface area contributed by atoms with Crippen LogP contribution in [0, 0.1) is 6.92 Å². The topological polar surface area (TPSA) is 94.6 Å². The van der Waals surface area contributed by atoms with Crippen LogP contribution in [0.25, 0.3) is 11.6 Å². The first-order chi connectivity index (χ1) is 10.5. The van der Waals surface area contributed by atoms with Gasteiger partial charge in [-0.15, -0.1) is 0 Å². The van der Waals surface area contributed by atoms with Crippen molar-refractivity contribution in [3.8, 4) is 11.6 Å². The molecule has 1 N–H and O–H groups in total. The molecule has 0 saturated carbocycles. The van der Waals surface area contributed by atoms with Crippen LogP contribution in [0.4, 0.5) is 0 Å². The molecular weight excluding hydrogens is 288 g/mol. The zero-order chi connectivity index (χ0) is 15.9. The number of carbonyl (C=O) groups is 2. The van der Waals surface area contributed by atoms with Gasteiger partial charge in [0.15, 0.2) is 17.3 Å². The SMILES string of the molecule is COC(=O)C1CCCc2c(C(=O)O)nc(-c3ccc(C)o3)n21. The zero-order valence-corrected chi connectivity index (χ0v) is 12.3. The fourth-order valence-corrected chi connectivity index (χ4v) is 2.89. The number of carboxylic acids is 1. The average molecular weight is 304 g/mol. The predicted molar refractivity (Wildman–Crippen MR) is 75.6 cm³/mol. The second kappa shape index (κ2) is 5.32. The highest BCUT2D eigenvalue weighted by Crippen LogP contribution is 2.34. The third-order valence-electron chi connectivity index (χ3n) is 3.85. The lowest BCUT2D eigenvalue weighted by molar-refractivity contribution is -0.145. The van der Waals surface area contributed by atoms with Crippen molar-refractivity contribution in [2.45, 2.75) is 32.2 Å². The number of aromatic carboxylic acids is 1. The standard InChI is InChI=1S/C15H16N2O5/c1-8-6-7-11(22-8)13-16-12(14(18)19)9-4-3-5-10(17(9)13)15(20)21-2/h6-7,10H,3-5H2,1-2H3,(H,18,19). The third-order valence-corrected chi connectivity index (χ3v) is 3.85. The lowest BCUT2D eigenvalue weighted by Crippen LogP contribution is -2.27. The number of rotatable bonds is 3. The van der Waals surface area contributed by atoms with Gasteiger partial charge >= 0.3 is 11.9 Å². The lowest BCUT2D eigenvalue weighted by Gasteiger charge is -2.25.